The molecule has 26 heavy (non-hydrogen) atoms. The van der Waals surface area contributed by atoms with E-state index in [1.807, 2.05) is 0 Å². The average Bonchev–Trinajstić information content (AvgIpc) is 2.62. The van der Waals surface area contributed by atoms with Crippen molar-refractivity contribution in [1.29, 1.82) is 0 Å². The van der Waals surface area contributed by atoms with Crippen molar-refractivity contribution >= 4 is 34.2 Å². The fourth-order valence-corrected chi connectivity index (χ4v) is 3.01. The van der Waals surface area contributed by atoms with Crippen molar-refractivity contribution < 1.29 is 23.4 Å². The smallest absolute Gasteiger partial charge is 0.339 e. The minimum absolute atomic E-state index is 0.157. The predicted octanol–water partition coefficient (Wildman–Crippen LogP) is 4.92. The van der Waals surface area contributed by atoms with Crippen LogP contribution in [0.1, 0.15) is 0 Å². The molecule has 0 N–H and O–H groups in total. The molecular weight excluding hydrogens is 383 g/mol. The summed E-state index contributed by atoms with van der Waals surface area (Å²) in [5.74, 6) is 1.31. The van der Waals surface area contributed by atoms with E-state index in [9.17, 15) is 4.79 Å². The van der Waals surface area contributed by atoms with Crippen LogP contribution in [-0.4, -0.2) is 21.3 Å². The number of hydrogen-bond donors (Lipinski definition) is 0. The highest BCUT2D eigenvalue weighted by molar-refractivity contribution is 6.37. The van der Waals surface area contributed by atoms with Gasteiger partial charge in [0.1, 0.15) is 16.7 Å². The van der Waals surface area contributed by atoms with Gasteiger partial charge in [-0.1, -0.05) is 29.3 Å². The van der Waals surface area contributed by atoms with Crippen LogP contribution in [0.3, 0.4) is 0 Å². The highest BCUT2D eigenvalue weighted by Crippen LogP contribution is 2.48. The number of methoxy groups -OCH3 is 3. The van der Waals surface area contributed by atoms with E-state index in [1.165, 1.54) is 33.5 Å². The van der Waals surface area contributed by atoms with Gasteiger partial charge >= 0.3 is 5.63 Å². The first-order chi connectivity index (χ1) is 12.5. The second-order valence-electron chi connectivity index (χ2n) is 5.10. The van der Waals surface area contributed by atoms with Gasteiger partial charge < -0.3 is 23.4 Å². The van der Waals surface area contributed by atoms with Gasteiger partial charge in [-0.3, -0.25) is 0 Å². The molecule has 3 rings (SSSR count). The maximum Gasteiger partial charge on any atom is 0.339 e. The Morgan fingerprint density at radius 1 is 0.846 bits per heavy atom. The molecule has 0 atom stereocenters. The molecule has 136 valence electrons. The highest BCUT2D eigenvalue weighted by Gasteiger charge is 2.23. The summed E-state index contributed by atoms with van der Waals surface area (Å²) in [7, 11) is 4.38. The second-order valence-corrected chi connectivity index (χ2v) is 5.92. The van der Waals surface area contributed by atoms with Crippen molar-refractivity contribution in [1.82, 2.24) is 0 Å². The molecule has 2 aromatic carbocycles. The Kier molecular flexibility index (Phi) is 5.15. The normalized spacial score (nSPS) is 10.7. The van der Waals surface area contributed by atoms with E-state index in [1.54, 1.807) is 18.2 Å². The summed E-state index contributed by atoms with van der Waals surface area (Å²) < 4.78 is 27.2. The number of para-hydroxylation sites is 1. The van der Waals surface area contributed by atoms with Gasteiger partial charge in [0.2, 0.25) is 5.75 Å². The molecule has 1 aromatic heterocycles. The first kappa shape index (κ1) is 18.2. The van der Waals surface area contributed by atoms with Crippen molar-refractivity contribution in [3.8, 4) is 28.7 Å². The summed E-state index contributed by atoms with van der Waals surface area (Å²) in [6, 6.07) is 7.62. The van der Waals surface area contributed by atoms with Crippen LogP contribution in [0.5, 0.6) is 28.7 Å². The second kappa shape index (κ2) is 7.35. The molecule has 0 bridgehead atoms. The Balaban J connectivity index is 2.33. The van der Waals surface area contributed by atoms with Gasteiger partial charge in [0.15, 0.2) is 17.2 Å². The third-order valence-corrected chi connectivity index (χ3v) is 4.23. The number of fused-ring (bicyclic) bond motifs is 1. The van der Waals surface area contributed by atoms with Crippen molar-refractivity contribution in [2.24, 2.45) is 0 Å². The molecule has 0 spiro atoms. The summed E-state index contributed by atoms with van der Waals surface area (Å²) >= 11 is 12.3. The van der Waals surface area contributed by atoms with E-state index in [-0.39, 0.29) is 22.8 Å². The Bertz CT molecular complexity index is 1010. The number of hydrogen-bond acceptors (Lipinski definition) is 6. The lowest BCUT2D eigenvalue weighted by Crippen LogP contribution is -2.02. The lowest BCUT2D eigenvalue weighted by atomic mass is 10.1. The Hall–Kier alpha value is -2.57. The predicted molar refractivity (Wildman–Crippen MR) is 98.7 cm³/mol. The lowest BCUT2D eigenvalue weighted by molar-refractivity contribution is 0.325. The Morgan fingerprint density at radius 2 is 1.50 bits per heavy atom. The van der Waals surface area contributed by atoms with Gasteiger partial charge in [-0.05, 0) is 12.1 Å². The Labute approximate surface area is 158 Å². The summed E-state index contributed by atoms with van der Waals surface area (Å²) in [5, 5.41) is 0.956. The molecule has 0 saturated heterocycles. The summed E-state index contributed by atoms with van der Waals surface area (Å²) in [6.45, 7) is 0. The largest absolute Gasteiger partial charge is 0.493 e. The van der Waals surface area contributed by atoms with Crippen LogP contribution in [0.25, 0.3) is 11.0 Å². The van der Waals surface area contributed by atoms with Gasteiger partial charge in [0.25, 0.3) is 0 Å². The maximum absolute atomic E-state index is 12.0. The van der Waals surface area contributed by atoms with Crippen LogP contribution in [0.2, 0.25) is 10.0 Å². The van der Waals surface area contributed by atoms with Gasteiger partial charge in [-0.2, -0.15) is 0 Å². The lowest BCUT2D eigenvalue weighted by Gasteiger charge is -2.16. The van der Waals surface area contributed by atoms with E-state index in [4.69, 9.17) is 46.6 Å². The fourth-order valence-electron chi connectivity index (χ4n) is 2.54. The zero-order valence-electron chi connectivity index (χ0n) is 14.1. The number of halogens is 2. The zero-order valence-corrected chi connectivity index (χ0v) is 15.6. The molecule has 0 aliphatic heterocycles. The van der Waals surface area contributed by atoms with Crippen molar-refractivity contribution in [3.63, 3.8) is 0 Å². The maximum atomic E-state index is 12.0. The molecule has 6 nitrogen and oxygen atoms in total. The standard InChI is InChI=1S/C18H14Cl2O6/c1-22-13-7-11-15(18(24-3)17(13)23-2)12(8-14(21)25-11)26-16-9(19)5-4-6-10(16)20/h4-8H,1-3H3. The van der Waals surface area contributed by atoms with Crippen molar-refractivity contribution in [3.05, 3.63) is 50.8 Å². The van der Waals surface area contributed by atoms with Crippen molar-refractivity contribution in [2.75, 3.05) is 21.3 Å². The molecule has 0 aliphatic rings. The van der Waals surface area contributed by atoms with Gasteiger partial charge in [0, 0.05) is 6.07 Å². The zero-order chi connectivity index (χ0) is 18.8. The molecule has 0 aliphatic carbocycles. The van der Waals surface area contributed by atoms with E-state index in [2.05, 4.69) is 0 Å². The summed E-state index contributed by atoms with van der Waals surface area (Å²) in [4.78, 5) is 12.0. The molecule has 1 heterocycles. The first-order valence-corrected chi connectivity index (χ1v) is 8.14. The van der Waals surface area contributed by atoms with Gasteiger partial charge in [-0.15, -0.1) is 0 Å². The topological polar surface area (TPSA) is 67.1 Å². The van der Waals surface area contributed by atoms with Crippen LogP contribution in [0.4, 0.5) is 0 Å². The van der Waals surface area contributed by atoms with Crippen LogP contribution >= 0.6 is 23.2 Å². The monoisotopic (exact) mass is 396 g/mol. The third-order valence-electron chi connectivity index (χ3n) is 3.63. The average molecular weight is 397 g/mol. The molecule has 0 radical (unpaired) electrons. The molecular formula is C18H14Cl2O6. The van der Waals surface area contributed by atoms with Crippen LogP contribution in [0.15, 0.2) is 39.5 Å². The number of benzene rings is 2. The van der Waals surface area contributed by atoms with Gasteiger partial charge in [0.05, 0.1) is 37.4 Å². The molecule has 0 fully saturated rings. The van der Waals surface area contributed by atoms with Crippen molar-refractivity contribution in [2.45, 2.75) is 0 Å². The molecule has 8 heteroatoms. The van der Waals surface area contributed by atoms with Crippen LogP contribution < -0.4 is 24.6 Å². The number of rotatable bonds is 5. The minimum atomic E-state index is -0.620. The van der Waals surface area contributed by atoms with Crippen LogP contribution in [-0.2, 0) is 0 Å². The molecule has 0 unspecified atom stereocenters. The SMILES string of the molecule is COc1cc2oc(=O)cc(Oc3c(Cl)cccc3Cl)c2c(OC)c1OC. The summed E-state index contributed by atoms with van der Waals surface area (Å²) in [6.07, 6.45) is 0. The van der Waals surface area contributed by atoms with E-state index >= 15 is 0 Å². The molecule has 0 amide bonds. The third kappa shape index (κ3) is 3.13. The summed E-state index contributed by atoms with van der Waals surface area (Å²) in [5.41, 5.74) is -0.421. The van der Waals surface area contributed by atoms with Gasteiger partial charge in [-0.25, -0.2) is 4.79 Å². The van der Waals surface area contributed by atoms with E-state index < -0.39 is 5.63 Å². The number of ether oxygens (including phenoxy) is 4. The minimum Gasteiger partial charge on any atom is -0.493 e. The van der Waals surface area contributed by atoms with E-state index in [0.29, 0.717) is 26.9 Å². The Morgan fingerprint density at radius 3 is 2.08 bits per heavy atom. The molecule has 0 saturated carbocycles. The quantitative estimate of drug-likeness (QED) is 0.570. The highest BCUT2D eigenvalue weighted by atomic mass is 35.5. The van der Waals surface area contributed by atoms with E-state index in [0.717, 1.165) is 0 Å². The van der Waals surface area contributed by atoms with Crippen LogP contribution in [0, 0.1) is 0 Å². The molecule has 3 aromatic rings. The fraction of sp³-hybridized carbons (Fsp3) is 0.167. The first-order valence-electron chi connectivity index (χ1n) is 7.38.